The van der Waals surface area contributed by atoms with Crippen LogP contribution in [0.2, 0.25) is 0 Å². The molecule has 3 amide bonds. The highest BCUT2D eigenvalue weighted by atomic mass is 16.5. The van der Waals surface area contributed by atoms with E-state index in [0.717, 1.165) is 18.4 Å². The number of anilines is 2. The number of ether oxygens (including phenoxy) is 2. The van der Waals surface area contributed by atoms with Gasteiger partial charge < -0.3 is 40.7 Å². The molecule has 1 aromatic carbocycles. The molecule has 278 valence electrons. The van der Waals surface area contributed by atoms with E-state index in [0.29, 0.717) is 31.0 Å². The van der Waals surface area contributed by atoms with E-state index < -0.39 is 30.2 Å². The van der Waals surface area contributed by atoms with Gasteiger partial charge in [-0.15, -0.1) is 0 Å². The van der Waals surface area contributed by atoms with Gasteiger partial charge in [0, 0.05) is 45.9 Å². The zero-order valence-corrected chi connectivity index (χ0v) is 31.0. The number of hydrogen-bond acceptors (Lipinski definition) is 10. The van der Waals surface area contributed by atoms with Crippen molar-refractivity contribution in [1.29, 1.82) is 0 Å². The number of likely N-dealkylation sites (tertiary alicyclic amines) is 1. The quantitative estimate of drug-likeness (QED) is 0.160. The van der Waals surface area contributed by atoms with Crippen LogP contribution in [0, 0.1) is 17.8 Å². The van der Waals surface area contributed by atoms with Gasteiger partial charge in [-0.1, -0.05) is 53.2 Å². The average Bonchev–Trinajstić information content (AvgIpc) is 3.59. The molecule has 0 bridgehead atoms. The minimum Gasteiger partial charge on any atom is -0.399 e. The lowest BCUT2D eigenvalue weighted by Gasteiger charge is -2.40. The first kappa shape index (κ1) is 40.6. The summed E-state index contributed by atoms with van der Waals surface area (Å²) in [6, 6.07) is 7.27. The highest BCUT2D eigenvalue weighted by molar-refractivity contribution is 5.85. The van der Waals surface area contributed by atoms with E-state index in [9.17, 15) is 19.5 Å². The summed E-state index contributed by atoms with van der Waals surface area (Å²) in [6.45, 7) is 10.1. The van der Waals surface area contributed by atoms with E-state index in [-0.39, 0.29) is 54.7 Å². The molecule has 0 aliphatic carbocycles. The van der Waals surface area contributed by atoms with Crippen molar-refractivity contribution in [3.05, 3.63) is 48.3 Å². The summed E-state index contributed by atoms with van der Waals surface area (Å²) in [6.07, 6.45) is 4.81. The second-order valence-corrected chi connectivity index (χ2v) is 13.9. The molecule has 3 rings (SSSR count). The topological polar surface area (TPSA) is 172 Å². The fourth-order valence-electron chi connectivity index (χ4n) is 7.05. The van der Waals surface area contributed by atoms with Crippen LogP contribution in [0.1, 0.15) is 65.9 Å². The molecule has 50 heavy (non-hydrogen) atoms. The molecule has 2 aromatic rings. The summed E-state index contributed by atoms with van der Waals surface area (Å²) < 4.78 is 11.9. The van der Waals surface area contributed by atoms with Crippen LogP contribution in [-0.4, -0.2) is 113 Å². The lowest BCUT2D eigenvalue weighted by molar-refractivity contribution is -0.146. The maximum absolute atomic E-state index is 14.1. The Balaban J connectivity index is 1.74. The molecule has 8 atom stereocenters. The minimum atomic E-state index is -0.600. The van der Waals surface area contributed by atoms with Gasteiger partial charge in [0.05, 0.1) is 49.3 Å². The summed E-state index contributed by atoms with van der Waals surface area (Å²) in [5.74, 6) is -0.780. The smallest absolute Gasteiger partial charge is 0.245 e. The van der Waals surface area contributed by atoms with Crippen molar-refractivity contribution >= 4 is 29.4 Å². The number of aromatic nitrogens is 2. The molecule has 1 saturated heterocycles. The van der Waals surface area contributed by atoms with Crippen LogP contribution in [0.15, 0.2) is 42.7 Å². The maximum Gasteiger partial charge on any atom is 0.245 e. The van der Waals surface area contributed by atoms with Gasteiger partial charge in [-0.2, -0.15) is 0 Å². The second kappa shape index (κ2) is 19.5. The van der Waals surface area contributed by atoms with Crippen molar-refractivity contribution in [3.8, 4) is 0 Å². The Kier molecular flexibility index (Phi) is 15.9. The average molecular weight is 698 g/mol. The van der Waals surface area contributed by atoms with E-state index >= 15 is 0 Å². The lowest BCUT2D eigenvalue weighted by Crippen LogP contribution is -2.56. The minimum absolute atomic E-state index is 0.0269. The molecular formula is C37H59N7O6. The molecule has 5 N–H and O–H groups in total. The Morgan fingerprint density at radius 1 is 1.10 bits per heavy atom. The normalized spacial score (nSPS) is 18.8. The number of nitrogen functional groups attached to an aromatic ring is 1. The summed E-state index contributed by atoms with van der Waals surface area (Å²) >= 11 is 0. The summed E-state index contributed by atoms with van der Waals surface area (Å²) in [5, 5.41) is 16.2. The number of amides is 3. The Morgan fingerprint density at radius 2 is 1.80 bits per heavy atom. The van der Waals surface area contributed by atoms with E-state index in [1.54, 1.807) is 62.5 Å². The third-order valence-corrected chi connectivity index (χ3v) is 10.0. The van der Waals surface area contributed by atoms with Crippen LogP contribution in [0.5, 0.6) is 0 Å². The highest BCUT2D eigenvalue weighted by Crippen LogP contribution is 2.30. The SMILES string of the molecule is CC[C@H](C)[C@@H]([C@@H](CC(=O)N1CCCC1[C@H](OC)[C@@H](C)C(=O)NC(CO)Cc1cccc(N)c1)OC)N(C)C(=O)C(Nc1ncccn1)C(C)C. The number of rotatable bonds is 19. The van der Waals surface area contributed by atoms with E-state index in [1.165, 1.54) is 0 Å². The van der Waals surface area contributed by atoms with E-state index in [4.69, 9.17) is 15.2 Å². The number of hydrogen-bond donors (Lipinski definition) is 4. The van der Waals surface area contributed by atoms with Crippen molar-refractivity contribution in [1.82, 2.24) is 25.1 Å². The number of aliphatic hydroxyl groups excluding tert-OH is 1. The molecule has 1 aliphatic rings. The number of benzene rings is 1. The van der Waals surface area contributed by atoms with E-state index in [2.05, 4.69) is 34.4 Å². The van der Waals surface area contributed by atoms with Gasteiger partial charge >= 0.3 is 0 Å². The number of nitrogens with two attached hydrogens (primary N) is 1. The Hall–Kier alpha value is -3.81. The molecule has 1 aromatic heterocycles. The molecule has 13 nitrogen and oxygen atoms in total. The predicted octanol–water partition coefficient (Wildman–Crippen LogP) is 3.14. The number of aliphatic hydroxyl groups is 1. The van der Waals surface area contributed by atoms with Gasteiger partial charge in [0.15, 0.2) is 0 Å². The molecule has 2 heterocycles. The molecule has 0 saturated carbocycles. The summed E-state index contributed by atoms with van der Waals surface area (Å²) in [7, 11) is 4.91. The van der Waals surface area contributed by atoms with Gasteiger partial charge in [0.1, 0.15) is 6.04 Å². The van der Waals surface area contributed by atoms with Gasteiger partial charge in [-0.05, 0) is 54.9 Å². The third-order valence-electron chi connectivity index (χ3n) is 10.0. The first-order chi connectivity index (χ1) is 23.9. The van der Waals surface area contributed by atoms with Gasteiger partial charge in [0.2, 0.25) is 23.7 Å². The largest absolute Gasteiger partial charge is 0.399 e. The van der Waals surface area contributed by atoms with Crippen molar-refractivity contribution in [2.24, 2.45) is 17.8 Å². The first-order valence-electron chi connectivity index (χ1n) is 17.8. The lowest BCUT2D eigenvalue weighted by atomic mass is 9.89. The van der Waals surface area contributed by atoms with Crippen LogP contribution in [0.25, 0.3) is 0 Å². The van der Waals surface area contributed by atoms with Crippen molar-refractivity contribution in [3.63, 3.8) is 0 Å². The second-order valence-electron chi connectivity index (χ2n) is 13.9. The van der Waals surface area contributed by atoms with Crippen molar-refractivity contribution < 1.29 is 29.0 Å². The number of likely N-dealkylation sites (N-methyl/N-ethyl adjacent to an activating group) is 1. The Labute approximate surface area is 297 Å². The number of carbonyl (C=O) groups excluding carboxylic acids is 3. The summed E-state index contributed by atoms with van der Waals surface area (Å²) in [4.78, 5) is 53.6. The van der Waals surface area contributed by atoms with Crippen LogP contribution in [0.4, 0.5) is 11.6 Å². The number of nitrogens with zero attached hydrogens (tertiary/aromatic N) is 4. The van der Waals surface area contributed by atoms with Crippen LogP contribution in [-0.2, 0) is 30.3 Å². The van der Waals surface area contributed by atoms with Crippen molar-refractivity contribution in [2.75, 3.05) is 45.5 Å². The molecule has 13 heteroatoms. The monoisotopic (exact) mass is 697 g/mol. The van der Waals surface area contributed by atoms with Gasteiger partial charge in [-0.25, -0.2) is 9.97 Å². The van der Waals surface area contributed by atoms with Crippen molar-refractivity contribution in [2.45, 2.75) is 103 Å². The predicted molar refractivity (Wildman–Crippen MR) is 194 cm³/mol. The zero-order chi connectivity index (χ0) is 37.0. The Bertz CT molecular complexity index is 1360. The van der Waals surface area contributed by atoms with Gasteiger partial charge in [-0.3, -0.25) is 14.4 Å². The Morgan fingerprint density at radius 3 is 2.38 bits per heavy atom. The van der Waals surface area contributed by atoms with Crippen LogP contribution >= 0.6 is 0 Å². The van der Waals surface area contributed by atoms with Crippen LogP contribution in [0.3, 0.4) is 0 Å². The summed E-state index contributed by atoms with van der Waals surface area (Å²) in [5.41, 5.74) is 7.44. The van der Waals surface area contributed by atoms with E-state index in [1.807, 2.05) is 32.0 Å². The fourth-order valence-corrected chi connectivity index (χ4v) is 7.05. The fraction of sp³-hybridized carbons (Fsp3) is 0.649. The number of nitrogens with one attached hydrogen (secondary N) is 2. The molecule has 0 spiro atoms. The molecular weight excluding hydrogens is 638 g/mol. The zero-order valence-electron chi connectivity index (χ0n) is 31.0. The van der Waals surface area contributed by atoms with Crippen LogP contribution < -0.4 is 16.4 Å². The number of carbonyl (C=O) groups is 3. The first-order valence-corrected chi connectivity index (χ1v) is 17.8. The molecule has 1 aliphatic heterocycles. The molecule has 0 radical (unpaired) electrons. The van der Waals surface area contributed by atoms with Gasteiger partial charge in [0.25, 0.3) is 0 Å². The molecule has 1 fully saturated rings. The number of methoxy groups -OCH3 is 2. The highest BCUT2D eigenvalue weighted by Gasteiger charge is 2.43. The maximum atomic E-state index is 14.1. The standard InChI is InChI=1S/C37H59N7O6/c1-9-24(4)33(43(6)36(48)32(23(2)3)42-37-39-16-12-17-40-37)30(49-7)21-31(46)44-18-11-15-29(44)34(50-8)25(5)35(47)41-28(22-45)20-26-13-10-14-27(38)19-26/h10,12-14,16-17,19,23-25,28-30,32-34,45H,9,11,15,18,20-22,38H2,1-8H3,(H,41,47)(H,39,40,42)/t24-,25+,28?,29?,30+,32?,33-,34+/m0/s1. The molecule has 3 unspecified atom stereocenters. The third kappa shape index (κ3) is 10.6.